The van der Waals surface area contributed by atoms with Crippen LogP contribution in [-0.4, -0.2) is 35.1 Å². The van der Waals surface area contributed by atoms with Gasteiger partial charge in [-0.3, -0.25) is 4.57 Å². The molecule has 4 rings (SSSR count). The third kappa shape index (κ3) is 1.47. The first-order chi connectivity index (χ1) is 10.6. The molecule has 0 aromatic carbocycles. The SMILES string of the molecule is C=CCn1c(O)c2c(c1O)C1([Si](C)(C)C(C)(C)C)CC2C2OC21. The molecular weight excluding hydrogens is 306 g/mol. The Bertz CT molecular complexity index is 715. The number of aromatic nitrogens is 1. The summed E-state index contributed by atoms with van der Waals surface area (Å²) in [6.07, 6.45) is 3.21. The minimum absolute atomic E-state index is 0.0934. The van der Waals surface area contributed by atoms with Crippen LogP contribution in [0.3, 0.4) is 0 Å². The maximum Gasteiger partial charge on any atom is 0.198 e. The molecule has 5 heteroatoms. The zero-order chi connectivity index (χ0) is 16.9. The second-order valence-corrected chi connectivity index (χ2v) is 14.7. The molecule has 2 aliphatic carbocycles. The summed E-state index contributed by atoms with van der Waals surface area (Å²) in [6, 6.07) is 0. The van der Waals surface area contributed by atoms with Crippen LogP contribution < -0.4 is 0 Å². The first-order valence-electron chi connectivity index (χ1n) is 8.50. The van der Waals surface area contributed by atoms with E-state index in [2.05, 4.69) is 40.4 Å². The van der Waals surface area contributed by atoms with Gasteiger partial charge in [-0.15, -0.1) is 6.58 Å². The number of ether oxygens (including phenoxy) is 1. The lowest BCUT2D eigenvalue weighted by Gasteiger charge is -2.50. The van der Waals surface area contributed by atoms with Crippen LogP contribution in [0, 0.1) is 0 Å². The number of hydrogen-bond acceptors (Lipinski definition) is 3. The first-order valence-corrected chi connectivity index (χ1v) is 11.5. The van der Waals surface area contributed by atoms with Crippen molar-refractivity contribution in [3.63, 3.8) is 0 Å². The Morgan fingerprint density at radius 3 is 2.57 bits per heavy atom. The fourth-order valence-corrected chi connectivity index (χ4v) is 9.10. The summed E-state index contributed by atoms with van der Waals surface area (Å²) < 4.78 is 7.67. The highest BCUT2D eigenvalue weighted by molar-refractivity contribution is 6.83. The quantitative estimate of drug-likeness (QED) is 0.504. The van der Waals surface area contributed by atoms with E-state index in [1.54, 1.807) is 10.6 Å². The molecule has 2 heterocycles. The maximum atomic E-state index is 10.9. The van der Waals surface area contributed by atoms with Gasteiger partial charge in [0.2, 0.25) is 0 Å². The predicted molar refractivity (Wildman–Crippen MR) is 92.9 cm³/mol. The largest absolute Gasteiger partial charge is 0.494 e. The van der Waals surface area contributed by atoms with Crippen molar-refractivity contribution in [1.29, 1.82) is 0 Å². The van der Waals surface area contributed by atoms with Crippen molar-refractivity contribution in [2.24, 2.45) is 0 Å². The minimum atomic E-state index is -1.85. The highest BCUT2D eigenvalue weighted by Gasteiger charge is 2.78. The summed E-state index contributed by atoms with van der Waals surface area (Å²) >= 11 is 0. The van der Waals surface area contributed by atoms with Gasteiger partial charge in [-0.1, -0.05) is 39.9 Å². The Labute approximate surface area is 138 Å². The van der Waals surface area contributed by atoms with Gasteiger partial charge < -0.3 is 14.9 Å². The van der Waals surface area contributed by atoms with Crippen molar-refractivity contribution >= 4 is 8.07 Å². The molecule has 2 fully saturated rings. The molecule has 4 atom stereocenters. The van der Waals surface area contributed by atoms with Crippen molar-refractivity contribution in [2.45, 2.75) is 75.0 Å². The average Bonchev–Trinajstić information content (AvgIpc) is 3.02. The van der Waals surface area contributed by atoms with Gasteiger partial charge >= 0.3 is 0 Å². The van der Waals surface area contributed by atoms with E-state index in [4.69, 9.17) is 4.74 Å². The van der Waals surface area contributed by atoms with Crippen LogP contribution in [0.5, 0.6) is 11.8 Å². The summed E-state index contributed by atoms with van der Waals surface area (Å²) in [5.74, 6) is 0.691. The highest BCUT2D eigenvalue weighted by Crippen LogP contribution is 2.74. The van der Waals surface area contributed by atoms with Gasteiger partial charge in [0.15, 0.2) is 11.8 Å². The molecule has 0 amide bonds. The van der Waals surface area contributed by atoms with Crippen LogP contribution in [0.2, 0.25) is 18.1 Å². The monoisotopic (exact) mass is 333 g/mol. The number of epoxide rings is 1. The van der Waals surface area contributed by atoms with Crippen molar-refractivity contribution < 1.29 is 14.9 Å². The Kier molecular flexibility index (Phi) is 2.71. The molecule has 2 bridgehead atoms. The summed E-state index contributed by atoms with van der Waals surface area (Å²) in [5.41, 5.74) is 1.94. The summed E-state index contributed by atoms with van der Waals surface area (Å²) in [4.78, 5) is 0. The Morgan fingerprint density at radius 2 is 2.00 bits per heavy atom. The highest BCUT2D eigenvalue weighted by atomic mass is 28.3. The molecular formula is C18H27NO3Si. The fraction of sp³-hybridized carbons (Fsp3) is 0.667. The van der Waals surface area contributed by atoms with Crippen LogP contribution in [0.4, 0.5) is 0 Å². The summed E-state index contributed by atoms with van der Waals surface area (Å²) in [5, 5.41) is 21.7. The van der Waals surface area contributed by atoms with Crippen LogP contribution in [-0.2, 0) is 16.3 Å². The molecule has 1 aromatic rings. The number of aromatic hydroxyl groups is 2. The standard InChI is InChI=1S/C18H27NO3Si/c1-7-8-19-15(20)11-10-9-18(12(11)16(19)21,14-13(10)22-14)23(5,6)17(2,3)4/h7,10,13-14,20-21H,1,8-9H2,2-6H3. The molecule has 126 valence electrons. The summed E-state index contributed by atoms with van der Waals surface area (Å²) in [7, 11) is -1.85. The molecule has 4 unspecified atom stereocenters. The zero-order valence-corrected chi connectivity index (χ0v) is 15.7. The normalized spacial score (nSPS) is 34.4. The Hall–Kier alpha value is -1.20. The van der Waals surface area contributed by atoms with Crippen LogP contribution >= 0.6 is 0 Å². The summed E-state index contributed by atoms with van der Waals surface area (Å²) in [6.45, 7) is 16.0. The number of nitrogens with zero attached hydrogens (tertiary/aromatic N) is 1. The average molecular weight is 334 g/mol. The van der Waals surface area contributed by atoms with E-state index in [9.17, 15) is 10.2 Å². The van der Waals surface area contributed by atoms with E-state index in [1.807, 2.05) is 0 Å². The number of rotatable bonds is 3. The molecule has 1 saturated heterocycles. The van der Waals surface area contributed by atoms with Crippen molar-refractivity contribution in [1.82, 2.24) is 4.57 Å². The third-order valence-electron chi connectivity index (χ3n) is 7.31. The van der Waals surface area contributed by atoms with Gasteiger partial charge in [0.1, 0.15) is 0 Å². The van der Waals surface area contributed by atoms with E-state index in [0.717, 1.165) is 17.5 Å². The smallest absolute Gasteiger partial charge is 0.198 e. The zero-order valence-electron chi connectivity index (χ0n) is 14.7. The fourth-order valence-electron chi connectivity index (χ4n) is 5.21. The van der Waals surface area contributed by atoms with E-state index < -0.39 is 8.07 Å². The molecule has 1 aromatic heterocycles. The molecule has 3 aliphatic rings. The van der Waals surface area contributed by atoms with E-state index in [-0.39, 0.29) is 40.0 Å². The minimum Gasteiger partial charge on any atom is -0.494 e. The van der Waals surface area contributed by atoms with Gasteiger partial charge in [0.05, 0.1) is 20.3 Å². The number of fused-ring (bicyclic) bond motifs is 8. The number of hydrogen-bond donors (Lipinski definition) is 2. The lowest BCUT2D eigenvalue weighted by atomic mass is 9.94. The van der Waals surface area contributed by atoms with Crippen LogP contribution in [0.25, 0.3) is 0 Å². The molecule has 2 N–H and O–H groups in total. The molecule has 4 nitrogen and oxygen atoms in total. The van der Waals surface area contributed by atoms with Crippen molar-refractivity contribution in [3.05, 3.63) is 23.8 Å². The van der Waals surface area contributed by atoms with Gasteiger partial charge in [-0.2, -0.15) is 0 Å². The lowest BCUT2D eigenvalue weighted by molar-refractivity contribution is 0.264. The number of allylic oxidation sites excluding steroid dienone is 1. The van der Waals surface area contributed by atoms with Crippen molar-refractivity contribution in [3.8, 4) is 11.8 Å². The van der Waals surface area contributed by atoms with E-state index >= 15 is 0 Å². The van der Waals surface area contributed by atoms with E-state index in [1.165, 1.54) is 0 Å². The van der Waals surface area contributed by atoms with Gasteiger partial charge in [0, 0.05) is 28.6 Å². The lowest BCUT2D eigenvalue weighted by Crippen LogP contribution is -2.58. The van der Waals surface area contributed by atoms with Gasteiger partial charge in [-0.25, -0.2) is 0 Å². The van der Waals surface area contributed by atoms with E-state index in [0.29, 0.717) is 6.54 Å². The van der Waals surface area contributed by atoms with Crippen LogP contribution in [0.1, 0.15) is 44.2 Å². The Morgan fingerprint density at radius 1 is 1.35 bits per heavy atom. The third-order valence-corrected chi connectivity index (χ3v) is 14.0. The topological polar surface area (TPSA) is 57.9 Å². The molecule has 1 saturated carbocycles. The van der Waals surface area contributed by atoms with Crippen LogP contribution in [0.15, 0.2) is 12.7 Å². The molecule has 0 radical (unpaired) electrons. The van der Waals surface area contributed by atoms with Gasteiger partial charge in [0.25, 0.3) is 0 Å². The first kappa shape index (κ1) is 15.3. The molecule has 0 spiro atoms. The predicted octanol–water partition coefficient (Wildman–Crippen LogP) is 3.64. The second kappa shape index (κ2) is 4.06. The molecule has 1 aliphatic heterocycles. The molecule has 23 heavy (non-hydrogen) atoms. The van der Waals surface area contributed by atoms with Crippen molar-refractivity contribution in [2.75, 3.05) is 0 Å². The Balaban J connectivity index is 1.99. The second-order valence-electron chi connectivity index (χ2n) is 9.01. The van der Waals surface area contributed by atoms with Gasteiger partial charge in [-0.05, 0) is 11.5 Å². The maximum absolute atomic E-state index is 10.9.